The van der Waals surface area contributed by atoms with Crippen LogP contribution in [0.15, 0.2) is 54.6 Å². The highest BCUT2D eigenvalue weighted by Crippen LogP contribution is 2.42. The van der Waals surface area contributed by atoms with Crippen LogP contribution in [0, 0.1) is 12.8 Å². The summed E-state index contributed by atoms with van der Waals surface area (Å²) in [4.78, 5) is 32.7. The van der Waals surface area contributed by atoms with Gasteiger partial charge in [0, 0.05) is 65.2 Å². The van der Waals surface area contributed by atoms with Crippen molar-refractivity contribution in [2.24, 2.45) is 5.92 Å². The molecule has 2 fully saturated rings. The molecule has 2 atom stereocenters. The topological polar surface area (TPSA) is 93.2 Å². The summed E-state index contributed by atoms with van der Waals surface area (Å²) in [6, 6.07) is 17.9. The minimum atomic E-state index is 0.139. The zero-order valence-corrected chi connectivity index (χ0v) is 29.4. The molecule has 2 aromatic carbocycles. The summed E-state index contributed by atoms with van der Waals surface area (Å²) >= 11 is 20.9. The van der Waals surface area contributed by atoms with Gasteiger partial charge in [-0.15, -0.1) is 0 Å². The molecule has 250 valence electrons. The van der Waals surface area contributed by atoms with Crippen LogP contribution in [0.25, 0.3) is 33.6 Å². The molecule has 4 aromatic rings. The van der Waals surface area contributed by atoms with E-state index in [0.29, 0.717) is 70.0 Å². The smallest absolute Gasteiger partial charge is 0.220 e. The van der Waals surface area contributed by atoms with E-state index in [1.165, 1.54) is 0 Å². The van der Waals surface area contributed by atoms with Gasteiger partial charge in [-0.05, 0) is 69.2 Å². The quantitative estimate of drug-likeness (QED) is 0.143. The second kappa shape index (κ2) is 15.4. The number of carbonyl (C=O) groups is 2. The molecule has 48 heavy (non-hydrogen) atoms. The van der Waals surface area contributed by atoms with Gasteiger partial charge in [0.05, 0.1) is 28.5 Å². The number of halogens is 3. The first-order chi connectivity index (χ1) is 23.2. The fraction of sp³-hybridized carbons (Fsp3) is 0.368. The van der Waals surface area contributed by atoms with Crippen LogP contribution in [0.5, 0.6) is 5.88 Å². The molecule has 6 rings (SSSR count). The van der Waals surface area contributed by atoms with Gasteiger partial charge >= 0.3 is 0 Å². The van der Waals surface area contributed by atoms with Crippen LogP contribution in [0.4, 0.5) is 0 Å². The Balaban J connectivity index is 1.21. The van der Waals surface area contributed by atoms with Crippen LogP contribution in [-0.4, -0.2) is 41.4 Å². The van der Waals surface area contributed by atoms with Gasteiger partial charge in [-0.25, -0.2) is 9.97 Å². The number of nitrogens with one attached hydrogen (secondary N) is 2. The second-order valence-corrected chi connectivity index (χ2v) is 13.9. The van der Waals surface area contributed by atoms with Crippen LogP contribution in [0.2, 0.25) is 15.2 Å². The number of amides is 1. The third-order valence-corrected chi connectivity index (χ3v) is 10.6. The van der Waals surface area contributed by atoms with Crippen molar-refractivity contribution >= 4 is 46.5 Å². The average Bonchev–Trinajstić information content (AvgIpc) is 3.69. The van der Waals surface area contributed by atoms with Crippen molar-refractivity contribution in [1.82, 2.24) is 20.6 Å². The Hall–Kier alpha value is -3.49. The lowest BCUT2D eigenvalue weighted by molar-refractivity contribution is -0.119. The van der Waals surface area contributed by atoms with E-state index in [4.69, 9.17) is 49.5 Å². The van der Waals surface area contributed by atoms with E-state index >= 15 is 0 Å². The third kappa shape index (κ3) is 7.70. The van der Waals surface area contributed by atoms with Gasteiger partial charge in [0.15, 0.2) is 0 Å². The zero-order chi connectivity index (χ0) is 33.8. The molecule has 1 saturated heterocycles. The van der Waals surface area contributed by atoms with E-state index in [9.17, 15) is 9.59 Å². The molecule has 2 aliphatic rings. The maximum absolute atomic E-state index is 11.6. The second-order valence-electron chi connectivity index (χ2n) is 12.8. The normalized spacial score (nSPS) is 17.6. The van der Waals surface area contributed by atoms with Crippen LogP contribution >= 0.6 is 34.8 Å². The van der Waals surface area contributed by atoms with E-state index in [0.717, 1.165) is 77.6 Å². The van der Waals surface area contributed by atoms with Gasteiger partial charge in [-0.3, -0.25) is 9.59 Å². The molecule has 2 aromatic heterocycles. The van der Waals surface area contributed by atoms with Crippen molar-refractivity contribution in [2.45, 2.75) is 70.9 Å². The molecule has 1 amide bonds. The van der Waals surface area contributed by atoms with Gasteiger partial charge in [-0.1, -0.05) is 77.3 Å². The Morgan fingerprint density at radius 2 is 1.60 bits per heavy atom. The molecular weight excluding hydrogens is 667 g/mol. The lowest BCUT2D eigenvalue weighted by Gasteiger charge is -2.16. The molecule has 0 spiro atoms. The number of methoxy groups -OCH3 is 1. The first kappa shape index (κ1) is 34.4. The van der Waals surface area contributed by atoms with Gasteiger partial charge in [0.25, 0.3) is 0 Å². The molecule has 1 saturated carbocycles. The number of ether oxygens (including phenoxy) is 1. The Kier molecular flexibility index (Phi) is 11.0. The van der Waals surface area contributed by atoms with Crippen molar-refractivity contribution in [3.8, 4) is 39.5 Å². The summed E-state index contributed by atoms with van der Waals surface area (Å²) in [7, 11) is 1.63. The van der Waals surface area contributed by atoms with Gasteiger partial charge < -0.3 is 15.4 Å². The van der Waals surface area contributed by atoms with Crippen molar-refractivity contribution < 1.29 is 14.3 Å². The number of aromatic nitrogens is 2. The van der Waals surface area contributed by atoms with E-state index in [-0.39, 0.29) is 11.9 Å². The van der Waals surface area contributed by atoms with Crippen LogP contribution in [0.3, 0.4) is 0 Å². The van der Waals surface area contributed by atoms with Gasteiger partial charge in [0.1, 0.15) is 10.9 Å². The summed E-state index contributed by atoms with van der Waals surface area (Å²) in [5, 5.41) is 7.97. The predicted molar refractivity (Wildman–Crippen MR) is 193 cm³/mol. The maximum Gasteiger partial charge on any atom is 0.220 e. The van der Waals surface area contributed by atoms with Crippen molar-refractivity contribution in [2.75, 3.05) is 13.7 Å². The Labute approximate surface area is 296 Å². The number of hydrogen-bond acceptors (Lipinski definition) is 6. The lowest BCUT2D eigenvalue weighted by Crippen LogP contribution is -2.25. The summed E-state index contributed by atoms with van der Waals surface area (Å²) < 4.78 is 5.68. The first-order valence-corrected chi connectivity index (χ1v) is 17.6. The van der Waals surface area contributed by atoms with Crippen LogP contribution in [0.1, 0.15) is 61.6 Å². The van der Waals surface area contributed by atoms with Crippen molar-refractivity contribution in [3.63, 3.8) is 0 Å². The molecule has 0 unspecified atom stereocenters. The van der Waals surface area contributed by atoms with E-state index < -0.39 is 0 Å². The molecule has 1 aliphatic carbocycles. The summed E-state index contributed by atoms with van der Waals surface area (Å²) in [6.45, 7) is 3.39. The number of Topliss-reactive ketones (excluding diaryl/α,β-unsaturated/α-hetero) is 1. The molecule has 10 heteroatoms. The number of rotatable bonds is 12. The molecule has 3 heterocycles. The molecular formula is C38H39Cl3N4O3. The predicted octanol–water partition coefficient (Wildman–Crippen LogP) is 8.81. The highest BCUT2D eigenvalue weighted by Gasteiger charge is 2.23. The number of nitrogens with zero attached hydrogens (tertiary/aromatic N) is 2. The number of hydrogen-bond donors (Lipinski definition) is 2. The molecule has 2 N–H and O–H groups in total. The van der Waals surface area contributed by atoms with Gasteiger partial charge in [-0.2, -0.15) is 0 Å². The van der Waals surface area contributed by atoms with Crippen LogP contribution < -0.4 is 15.4 Å². The summed E-state index contributed by atoms with van der Waals surface area (Å²) in [6.07, 6.45) is 6.44. The minimum absolute atomic E-state index is 0.139. The maximum atomic E-state index is 11.6. The highest BCUT2D eigenvalue weighted by molar-refractivity contribution is 6.39. The van der Waals surface area contributed by atoms with E-state index in [1.54, 1.807) is 7.11 Å². The molecule has 0 bridgehead atoms. The van der Waals surface area contributed by atoms with Crippen LogP contribution in [-0.2, 0) is 22.6 Å². The number of ketones is 1. The SMILES string of the molecule is COc1nc(-c2cccc(-c3cccc(-c4cc(C)c(CNC[C@@H]5CCC(=O)C5)c(Cl)n4)c3Cl)c2Cl)ccc1CCC[C@@H]1CCC(=O)N1. The fourth-order valence-electron chi connectivity index (χ4n) is 6.77. The highest BCUT2D eigenvalue weighted by atomic mass is 35.5. The largest absolute Gasteiger partial charge is 0.481 e. The number of carbonyl (C=O) groups excluding carboxylic acids is 2. The molecule has 0 radical (unpaired) electrons. The number of pyridine rings is 2. The summed E-state index contributed by atoms with van der Waals surface area (Å²) in [5.41, 5.74) is 7.41. The minimum Gasteiger partial charge on any atom is -0.481 e. The van der Waals surface area contributed by atoms with E-state index in [2.05, 4.69) is 10.6 Å². The van der Waals surface area contributed by atoms with Crippen molar-refractivity contribution in [3.05, 3.63) is 86.5 Å². The Bertz CT molecular complexity index is 1820. The average molecular weight is 706 g/mol. The molecule has 1 aliphatic heterocycles. The summed E-state index contributed by atoms with van der Waals surface area (Å²) in [5.74, 6) is 1.44. The lowest BCUT2D eigenvalue weighted by atomic mass is 9.97. The van der Waals surface area contributed by atoms with Gasteiger partial charge in [0.2, 0.25) is 11.8 Å². The monoisotopic (exact) mass is 704 g/mol. The van der Waals surface area contributed by atoms with E-state index in [1.807, 2.05) is 61.5 Å². The third-order valence-electron chi connectivity index (χ3n) is 9.44. The fourth-order valence-corrected chi connectivity index (χ4v) is 7.73. The van der Waals surface area contributed by atoms with Crippen molar-refractivity contribution in [1.29, 1.82) is 0 Å². The first-order valence-electron chi connectivity index (χ1n) is 16.5. The Morgan fingerprint density at radius 3 is 2.23 bits per heavy atom. The number of benzene rings is 2. The molecule has 7 nitrogen and oxygen atoms in total. The zero-order valence-electron chi connectivity index (χ0n) is 27.2. The Morgan fingerprint density at radius 1 is 0.896 bits per heavy atom. The number of aryl methyl sites for hydroxylation is 2. The standard InChI is InChI=1S/C38H39Cl3N4O3/c1-22-18-33(44-37(41)31(22)21-42-20-23-12-15-26(46)19-23)30-11-5-9-28(36(30)40)27-8-4-10-29(35(27)39)32-16-13-24(38(45-32)48-2)6-3-7-25-14-17-34(47)43-25/h4-5,8-11,13,16,18,23,25,42H,3,6-7,12,14-15,17,19-21H2,1-2H3,(H,43,47)/t23-,25-/m1/s1.